The highest BCUT2D eigenvalue weighted by molar-refractivity contribution is 6.00. The topological polar surface area (TPSA) is 71.2 Å². The summed E-state index contributed by atoms with van der Waals surface area (Å²) in [7, 11) is 1.92. The van der Waals surface area contributed by atoms with Crippen molar-refractivity contribution in [3.8, 4) is 0 Å². The molecule has 0 radical (unpaired) electrons. The van der Waals surface area contributed by atoms with E-state index in [1.807, 2.05) is 43.1 Å². The van der Waals surface area contributed by atoms with Crippen LogP contribution in [0.5, 0.6) is 0 Å². The van der Waals surface area contributed by atoms with E-state index >= 15 is 0 Å². The van der Waals surface area contributed by atoms with Crippen molar-refractivity contribution in [1.29, 1.82) is 0 Å². The highest BCUT2D eigenvalue weighted by Crippen LogP contribution is 2.24. The molecule has 0 atom stereocenters. The van der Waals surface area contributed by atoms with Gasteiger partial charge in [-0.3, -0.25) is 9.78 Å². The molecular formula is C16H20N4O. The van der Waals surface area contributed by atoms with Gasteiger partial charge in [-0.05, 0) is 37.3 Å². The summed E-state index contributed by atoms with van der Waals surface area (Å²) in [4.78, 5) is 18.4. The van der Waals surface area contributed by atoms with Crippen molar-refractivity contribution >= 4 is 17.3 Å². The van der Waals surface area contributed by atoms with Crippen LogP contribution in [0.3, 0.4) is 0 Å². The molecule has 1 aromatic carbocycles. The first kappa shape index (κ1) is 14.8. The molecule has 5 heteroatoms. The largest absolute Gasteiger partial charge is 0.399 e. The summed E-state index contributed by atoms with van der Waals surface area (Å²) in [6.45, 7) is 3.09. The number of hydrogen-bond donors (Lipinski definition) is 2. The third-order valence-electron chi connectivity index (χ3n) is 3.14. The summed E-state index contributed by atoms with van der Waals surface area (Å²) in [5, 5.41) is 2.82. The average molecular weight is 284 g/mol. The number of nitrogens with two attached hydrogens (primary N) is 1. The van der Waals surface area contributed by atoms with Crippen LogP contribution >= 0.6 is 0 Å². The van der Waals surface area contributed by atoms with Gasteiger partial charge in [0.15, 0.2) is 0 Å². The zero-order valence-electron chi connectivity index (χ0n) is 12.3. The van der Waals surface area contributed by atoms with Gasteiger partial charge in [-0.2, -0.15) is 0 Å². The quantitative estimate of drug-likeness (QED) is 0.824. The molecule has 1 amide bonds. The van der Waals surface area contributed by atoms with Gasteiger partial charge in [-0.25, -0.2) is 0 Å². The van der Waals surface area contributed by atoms with E-state index in [-0.39, 0.29) is 5.91 Å². The van der Waals surface area contributed by atoms with E-state index in [0.717, 1.165) is 11.4 Å². The first-order valence-electron chi connectivity index (χ1n) is 6.90. The predicted octanol–water partition coefficient (Wildman–Crippen LogP) is 2.05. The number of nitrogens with zero attached hydrogens (tertiary/aromatic N) is 2. The predicted molar refractivity (Wildman–Crippen MR) is 85.2 cm³/mol. The van der Waals surface area contributed by atoms with E-state index in [2.05, 4.69) is 10.3 Å². The van der Waals surface area contributed by atoms with Crippen LogP contribution in [0.4, 0.5) is 11.4 Å². The molecule has 21 heavy (non-hydrogen) atoms. The van der Waals surface area contributed by atoms with Crippen LogP contribution in [-0.2, 0) is 6.54 Å². The maximum atomic E-state index is 12.1. The molecule has 5 nitrogen and oxygen atoms in total. The minimum Gasteiger partial charge on any atom is -0.399 e. The van der Waals surface area contributed by atoms with E-state index < -0.39 is 0 Å². The second kappa shape index (κ2) is 6.74. The second-order valence-corrected chi connectivity index (χ2v) is 4.81. The molecule has 0 saturated heterocycles. The van der Waals surface area contributed by atoms with Gasteiger partial charge in [-0.1, -0.05) is 6.07 Å². The summed E-state index contributed by atoms with van der Waals surface area (Å²) < 4.78 is 0. The van der Waals surface area contributed by atoms with Gasteiger partial charge in [-0.15, -0.1) is 0 Å². The molecule has 0 aliphatic carbocycles. The van der Waals surface area contributed by atoms with Crippen LogP contribution in [0.15, 0.2) is 42.6 Å². The summed E-state index contributed by atoms with van der Waals surface area (Å²) in [6.07, 6.45) is 1.76. The van der Waals surface area contributed by atoms with Crippen molar-refractivity contribution in [3.63, 3.8) is 0 Å². The Labute approximate surface area is 124 Å². The number of hydrogen-bond acceptors (Lipinski definition) is 4. The standard InChI is InChI=1S/C16H20N4O/c1-3-18-16(21)14-8-7-12(17)10-15(14)20(2)11-13-6-4-5-9-19-13/h4-10H,3,11,17H2,1-2H3,(H,18,21). The number of anilines is 2. The molecule has 0 bridgehead atoms. The molecule has 2 rings (SSSR count). The Bertz CT molecular complexity index is 613. The smallest absolute Gasteiger partial charge is 0.253 e. The van der Waals surface area contributed by atoms with Crippen molar-refractivity contribution in [2.75, 3.05) is 24.2 Å². The minimum absolute atomic E-state index is 0.0969. The summed E-state index contributed by atoms with van der Waals surface area (Å²) in [6, 6.07) is 11.1. The van der Waals surface area contributed by atoms with Crippen molar-refractivity contribution in [1.82, 2.24) is 10.3 Å². The maximum Gasteiger partial charge on any atom is 0.253 e. The molecule has 3 N–H and O–H groups in total. The molecule has 0 aliphatic rings. The van der Waals surface area contributed by atoms with Crippen molar-refractivity contribution in [2.24, 2.45) is 0 Å². The minimum atomic E-state index is -0.0969. The first-order chi connectivity index (χ1) is 10.1. The van der Waals surface area contributed by atoms with Crippen LogP contribution in [0.2, 0.25) is 0 Å². The van der Waals surface area contributed by atoms with E-state index in [4.69, 9.17) is 5.73 Å². The summed E-state index contributed by atoms with van der Waals surface area (Å²) in [5.74, 6) is -0.0969. The van der Waals surface area contributed by atoms with E-state index in [1.54, 1.807) is 18.3 Å². The second-order valence-electron chi connectivity index (χ2n) is 4.81. The van der Waals surface area contributed by atoms with Crippen LogP contribution < -0.4 is 16.0 Å². The fourth-order valence-corrected chi connectivity index (χ4v) is 2.13. The summed E-state index contributed by atoms with van der Waals surface area (Å²) >= 11 is 0. The van der Waals surface area contributed by atoms with Crippen molar-refractivity contribution in [3.05, 3.63) is 53.9 Å². The molecule has 0 aliphatic heterocycles. The fourth-order valence-electron chi connectivity index (χ4n) is 2.13. The molecule has 1 aromatic heterocycles. The molecule has 0 fully saturated rings. The van der Waals surface area contributed by atoms with Gasteiger partial charge < -0.3 is 16.0 Å². The van der Waals surface area contributed by atoms with Crippen LogP contribution in [0.1, 0.15) is 23.0 Å². The number of rotatable bonds is 5. The molecule has 110 valence electrons. The molecule has 0 spiro atoms. The Hall–Kier alpha value is -2.56. The van der Waals surface area contributed by atoms with E-state index in [9.17, 15) is 4.79 Å². The molecule has 2 aromatic rings. The molecule has 0 saturated carbocycles. The molecule has 1 heterocycles. The van der Waals surface area contributed by atoms with Gasteiger partial charge in [0.2, 0.25) is 0 Å². The lowest BCUT2D eigenvalue weighted by atomic mass is 10.1. The lowest BCUT2D eigenvalue weighted by Crippen LogP contribution is -2.26. The number of amides is 1. The number of pyridine rings is 1. The Morgan fingerprint density at radius 1 is 1.33 bits per heavy atom. The Kier molecular flexibility index (Phi) is 4.77. The number of aromatic nitrogens is 1. The number of benzene rings is 1. The highest BCUT2D eigenvalue weighted by atomic mass is 16.1. The zero-order chi connectivity index (χ0) is 15.2. The van der Waals surface area contributed by atoms with Crippen LogP contribution in [0, 0.1) is 0 Å². The SMILES string of the molecule is CCNC(=O)c1ccc(N)cc1N(C)Cc1ccccn1. The van der Waals surface area contributed by atoms with E-state index in [0.29, 0.717) is 24.3 Å². The maximum absolute atomic E-state index is 12.1. The average Bonchev–Trinajstić information content (AvgIpc) is 2.48. The normalized spacial score (nSPS) is 10.2. The van der Waals surface area contributed by atoms with Gasteiger partial charge in [0.25, 0.3) is 5.91 Å². The molecular weight excluding hydrogens is 264 g/mol. The number of carbonyl (C=O) groups is 1. The van der Waals surface area contributed by atoms with Crippen molar-refractivity contribution < 1.29 is 4.79 Å². The lowest BCUT2D eigenvalue weighted by Gasteiger charge is -2.22. The van der Waals surface area contributed by atoms with E-state index in [1.165, 1.54) is 0 Å². The third kappa shape index (κ3) is 3.72. The van der Waals surface area contributed by atoms with Gasteiger partial charge >= 0.3 is 0 Å². The lowest BCUT2D eigenvalue weighted by molar-refractivity contribution is 0.0956. The zero-order valence-corrected chi connectivity index (χ0v) is 12.3. The van der Waals surface area contributed by atoms with Crippen molar-refractivity contribution in [2.45, 2.75) is 13.5 Å². The Morgan fingerprint density at radius 2 is 2.14 bits per heavy atom. The first-order valence-corrected chi connectivity index (χ1v) is 6.90. The Balaban J connectivity index is 2.28. The highest BCUT2D eigenvalue weighted by Gasteiger charge is 2.14. The van der Waals surface area contributed by atoms with Gasteiger partial charge in [0, 0.05) is 25.5 Å². The van der Waals surface area contributed by atoms with Crippen LogP contribution in [0.25, 0.3) is 0 Å². The third-order valence-corrected chi connectivity index (χ3v) is 3.14. The monoisotopic (exact) mass is 284 g/mol. The molecule has 0 unspecified atom stereocenters. The number of carbonyl (C=O) groups excluding carboxylic acids is 1. The number of nitrogen functional groups attached to an aromatic ring is 1. The van der Waals surface area contributed by atoms with Gasteiger partial charge in [0.1, 0.15) is 0 Å². The number of nitrogens with one attached hydrogen (secondary N) is 1. The van der Waals surface area contributed by atoms with Crippen LogP contribution in [-0.4, -0.2) is 24.5 Å². The van der Waals surface area contributed by atoms with Gasteiger partial charge in [0.05, 0.1) is 23.5 Å². The Morgan fingerprint density at radius 3 is 2.81 bits per heavy atom. The fraction of sp³-hybridized carbons (Fsp3) is 0.250. The summed E-state index contributed by atoms with van der Waals surface area (Å²) in [5.41, 5.74) is 8.84.